The van der Waals surface area contributed by atoms with Gasteiger partial charge in [0.1, 0.15) is 0 Å². The molecule has 1 aromatic heterocycles. The molecule has 3 aromatic carbocycles. The number of hydrogen-bond acceptors (Lipinski definition) is 4. The van der Waals surface area contributed by atoms with Crippen LogP contribution in [-0.4, -0.2) is 30.1 Å². The van der Waals surface area contributed by atoms with Crippen molar-refractivity contribution in [1.29, 1.82) is 0 Å². The lowest BCUT2D eigenvalue weighted by Crippen LogP contribution is -2.38. The Hall–Kier alpha value is -3.02. The predicted octanol–water partition coefficient (Wildman–Crippen LogP) is 6.28. The number of benzene rings is 3. The van der Waals surface area contributed by atoms with Crippen LogP contribution in [-0.2, 0) is 22.4 Å². The minimum atomic E-state index is 0.0649. The van der Waals surface area contributed by atoms with E-state index in [1.165, 1.54) is 11.1 Å². The summed E-state index contributed by atoms with van der Waals surface area (Å²) in [5, 5.41) is 0.771. The van der Waals surface area contributed by atoms with Crippen molar-refractivity contribution in [3.8, 4) is 11.1 Å². The fourth-order valence-corrected chi connectivity index (χ4v) is 5.43. The molecule has 1 amide bonds. The van der Waals surface area contributed by atoms with E-state index in [1.807, 2.05) is 23.1 Å². The maximum Gasteiger partial charge on any atom is 0.233 e. The van der Waals surface area contributed by atoms with E-state index in [0.717, 1.165) is 52.3 Å². The molecule has 168 valence electrons. The molecule has 0 bridgehead atoms. The predicted molar refractivity (Wildman–Crippen MR) is 136 cm³/mol. The van der Waals surface area contributed by atoms with Gasteiger partial charge < -0.3 is 4.74 Å². The lowest BCUT2D eigenvalue weighted by atomic mass is 10.0. The van der Waals surface area contributed by atoms with E-state index in [0.29, 0.717) is 13.0 Å². The highest BCUT2D eigenvalue weighted by Gasteiger charge is 2.26. The second kappa shape index (κ2) is 9.86. The largest absolute Gasteiger partial charge is 0.376 e. The van der Waals surface area contributed by atoms with Crippen LogP contribution in [0.1, 0.15) is 30.9 Å². The van der Waals surface area contributed by atoms with Crippen LogP contribution in [0.3, 0.4) is 0 Å². The van der Waals surface area contributed by atoms with Gasteiger partial charge >= 0.3 is 0 Å². The number of nitrogens with zero attached hydrogens (tertiary/aromatic N) is 2. The molecule has 0 radical (unpaired) electrons. The second-order valence-electron chi connectivity index (χ2n) is 8.49. The molecule has 1 aliphatic rings. The summed E-state index contributed by atoms with van der Waals surface area (Å²) in [5.41, 5.74) is 5.57. The molecule has 0 N–H and O–H groups in total. The molecule has 0 aliphatic carbocycles. The number of anilines is 1. The van der Waals surface area contributed by atoms with Gasteiger partial charge in [0.05, 0.1) is 29.3 Å². The van der Waals surface area contributed by atoms with E-state index in [9.17, 15) is 4.79 Å². The first-order valence-corrected chi connectivity index (χ1v) is 12.5. The highest BCUT2D eigenvalue weighted by Crippen LogP contribution is 2.32. The molecule has 1 atom stereocenters. The molecule has 0 spiro atoms. The SMILES string of the molecule is CCc1cccc2sc(N(CC3CCCO3)C(=O)Cc3ccc(-c4ccccc4)cc3)nc12. The minimum absolute atomic E-state index is 0.0649. The molecular weight excluding hydrogens is 428 g/mol. The first-order chi connectivity index (χ1) is 16.2. The molecule has 5 rings (SSSR count). The Labute approximate surface area is 198 Å². The number of carbonyl (C=O) groups excluding carboxylic acids is 1. The maximum atomic E-state index is 13.5. The van der Waals surface area contributed by atoms with Gasteiger partial charge in [-0.2, -0.15) is 0 Å². The van der Waals surface area contributed by atoms with Crippen molar-refractivity contribution in [3.63, 3.8) is 0 Å². The van der Waals surface area contributed by atoms with Gasteiger partial charge in [0, 0.05) is 6.61 Å². The van der Waals surface area contributed by atoms with E-state index >= 15 is 0 Å². The number of para-hydroxylation sites is 1. The van der Waals surface area contributed by atoms with Crippen molar-refractivity contribution >= 4 is 32.6 Å². The average molecular weight is 457 g/mol. The van der Waals surface area contributed by atoms with Crippen LogP contribution in [0, 0.1) is 0 Å². The van der Waals surface area contributed by atoms with Gasteiger partial charge in [-0.25, -0.2) is 4.98 Å². The Balaban J connectivity index is 1.40. The molecule has 1 saturated heterocycles. The highest BCUT2D eigenvalue weighted by molar-refractivity contribution is 7.22. The zero-order valence-electron chi connectivity index (χ0n) is 18.9. The minimum Gasteiger partial charge on any atom is -0.376 e. The Kier molecular flexibility index (Phi) is 6.51. The third-order valence-corrected chi connectivity index (χ3v) is 7.27. The van der Waals surface area contributed by atoms with Crippen LogP contribution < -0.4 is 4.90 Å². The number of ether oxygens (including phenoxy) is 1. The van der Waals surface area contributed by atoms with Crippen molar-refractivity contribution in [2.24, 2.45) is 0 Å². The standard InChI is InChI=1S/C28H28N2O2S/c1-2-21-10-6-12-25-27(21)29-28(33-25)30(19-24-11-7-17-32-24)26(31)18-20-13-15-23(16-14-20)22-8-4-3-5-9-22/h3-6,8-10,12-16,24H,2,7,11,17-19H2,1H3. The molecule has 5 heteroatoms. The van der Waals surface area contributed by atoms with E-state index in [-0.39, 0.29) is 12.0 Å². The van der Waals surface area contributed by atoms with Gasteiger partial charge in [0.25, 0.3) is 0 Å². The Morgan fingerprint density at radius 1 is 1.03 bits per heavy atom. The summed E-state index contributed by atoms with van der Waals surface area (Å²) < 4.78 is 7.00. The van der Waals surface area contributed by atoms with Gasteiger partial charge in [-0.1, -0.05) is 85.0 Å². The summed E-state index contributed by atoms with van der Waals surface area (Å²) in [6.45, 7) is 3.47. The number of aromatic nitrogens is 1. The van der Waals surface area contributed by atoms with Gasteiger partial charge in [-0.15, -0.1) is 0 Å². The molecular formula is C28H28N2O2S. The quantitative estimate of drug-likeness (QED) is 0.329. The number of amides is 1. The van der Waals surface area contributed by atoms with Crippen LogP contribution >= 0.6 is 11.3 Å². The topological polar surface area (TPSA) is 42.4 Å². The molecule has 1 fully saturated rings. The first kappa shape index (κ1) is 21.8. The number of carbonyl (C=O) groups is 1. The molecule has 4 aromatic rings. The number of rotatable bonds is 7. The normalized spacial score (nSPS) is 15.7. The third kappa shape index (κ3) is 4.85. The lowest BCUT2D eigenvalue weighted by molar-refractivity contribution is -0.118. The van der Waals surface area contributed by atoms with Crippen molar-refractivity contribution in [3.05, 3.63) is 83.9 Å². The molecule has 4 nitrogen and oxygen atoms in total. The van der Waals surface area contributed by atoms with E-state index in [1.54, 1.807) is 11.3 Å². The fraction of sp³-hybridized carbons (Fsp3) is 0.286. The summed E-state index contributed by atoms with van der Waals surface area (Å²) in [6.07, 6.45) is 3.38. The monoisotopic (exact) mass is 456 g/mol. The van der Waals surface area contributed by atoms with E-state index < -0.39 is 0 Å². The smallest absolute Gasteiger partial charge is 0.233 e. The lowest BCUT2D eigenvalue weighted by Gasteiger charge is -2.23. The number of fused-ring (bicyclic) bond motifs is 1. The summed E-state index contributed by atoms with van der Waals surface area (Å²) >= 11 is 1.60. The van der Waals surface area contributed by atoms with Gasteiger partial charge in [0.15, 0.2) is 5.13 Å². The van der Waals surface area contributed by atoms with Crippen LogP contribution in [0.25, 0.3) is 21.3 Å². The molecule has 0 saturated carbocycles. The fourth-order valence-electron chi connectivity index (χ4n) is 4.39. The second-order valence-corrected chi connectivity index (χ2v) is 9.50. The van der Waals surface area contributed by atoms with E-state index in [2.05, 4.69) is 61.5 Å². The summed E-state index contributed by atoms with van der Waals surface area (Å²) in [4.78, 5) is 20.3. The molecule has 33 heavy (non-hydrogen) atoms. The number of aryl methyl sites for hydroxylation is 1. The van der Waals surface area contributed by atoms with Crippen LogP contribution in [0.4, 0.5) is 5.13 Å². The number of thiazole rings is 1. The maximum absolute atomic E-state index is 13.5. The van der Waals surface area contributed by atoms with Crippen LogP contribution in [0.15, 0.2) is 72.8 Å². The Bertz CT molecular complexity index is 1230. The van der Waals surface area contributed by atoms with Crippen molar-refractivity contribution in [2.45, 2.75) is 38.7 Å². The third-order valence-electron chi connectivity index (χ3n) is 6.23. The average Bonchev–Trinajstić information content (AvgIpc) is 3.53. The molecule has 1 aliphatic heterocycles. The van der Waals surface area contributed by atoms with Gasteiger partial charge in [-0.3, -0.25) is 9.69 Å². The highest BCUT2D eigenvalue weighted by atomic mass is 32.1. The molecule has 1 unspecified atom stereocenters. The summed E-state index contributed by atoms with van der Waals surface area (Å²) in [7, 11) is 0. The summed E-state index contributed by atoms with van der Waals surface area (Å²) in [6, 6.07) is 24.9. The molecule has 2 heterocycles. The zero-order valence-corrected chi connectivity index (χ0v) is 19.7. The van der Waals surface area contributed by atoms with E-state index in [4.69, 9.17) is 9.72 Å². The first-order valence-electron chi connectivity index (χ1n) is 11.7. The summed E-state index contributed by atoms with van der Waals surface area (Å²) in [5.74, 6) is 0.0649. The zero-order chi connectivity index (χ0) is 22.6. The van der Waals surface area contributed by atoms with Crippen LogP contribution in [0.2, 0.25) is 0 Å². The Morgan fingerprint density at radius 3 is 2.55 bits per heavy atom. The van der Waals surface area contributed by atoms with Crippen molar-refractivity contribution in [2.75, 3.05) is 18.1 Å². The number of hydrogen-bond donors (Lipinski definition) is 0. The van der Waals surface area contributed by atoms with Crippen molar-refractivity contribution in [1.82, 2.24) is 4.98 Å². The van der Waals surface area contributed by atoms with Gasteiger partial charge in [0.2, 0.25) is 5.91 Å². The van der Waals surface area contributed by atoms with Crippen molar-refractivity contribution < 1.29 is 9.53 Å². The van der Waals surface area contributed by atoms with Crippen LogP contribution in [0.5, 0.6) is 0 Å². The van der Waals surface area contributed by atoms with Gasteiger partial charge in [-0.05, 0) is 47.6 Å². The Morgan fingerprint density at radius 2 is 1.82 bits per heavy atom.